The molecule has 0 saturated heterocycles. The summed E-state index contributed by atoms with van der Waals surface area (Å²) in [5.41, 5.74) is 3.47. The van der Waals surface area contributed by atoms with Gasteiger partial charge in [-0.15, -0.1) is 0 Å². The Hall–Kier alpha value is -2.14. The third-order valence-electron chi connectivity index (χ3n) is 3.47. The van der Waals surface area contributed by atoms with E-state index < -0.39 is 0 Å². The molecule has 112 valence electrons. The van der Waals surface area contributed by atoms with E-state index in [-0.39, 0.29) is 18.6 Å². The van der Waals surface area contributed by atoms with E-state index in [1.165, 1.54) is 0 Å². The lowest BCUT2D eigenvalue weighted by molar-refractivity contribution is 0.0915. The number of aliphatic hydroxyl groups is 1. The van der Waals surface area contributed by atoms with Gasteiger partial charge in [-0.25, -0.2) is 4.98 Å². The summed E-state index contributed by atoms with van der Waals surface area (Å²) in [5.74, 6) is 0.704. The second-order valence-electron chi connectivity index (χ2n) is 5.13. The van der Waals surface area contributed by atoms with Gasteiger partial charge in [0.05, 0.1) is 18.3 Å². The minimum atomic E-state index is -0.201. The lowest BCUT2D eigenvalue weighted by Crippen LogP contribution is -2.36. The van der Waals surface area contributed by atoms with Crippen LogP contribution in [0, 0.1) is 13.8 Å². The maximum absolute atomic E-state index is 12.0. The molecule has 0 saturated carbocycles. The topological polar surface area (TPSA) is 78.0 Å². The quantitative estimate of drug-likeness (QED) is 0.789. The van der Waals surface area contributed by atoms with Crippen LogP contribution in [0.3, 0.4) is 0 Å². The van der Waals surface area contributed by atoms with Gasteiger partial charge in [-0.2, -0.15) is 0 Å². The van der Waals surface area contributed by atoms with Crippen molar-refractivity contribution >= 4 is 5.91 Å². The lowest BCUT2D eigenvalue weighted by atomic mass is 10.1. The molecule has 1 amide bonds. The molecule has 0 bridgehead atoms. The van der Waals surface area contributed by atoms with E-state index >= 15 is 0 Å². The summed E-state index contributed by atoms with van der Waals surface area (Å²) in [6.07, 6.45) is 0.700. The molecule has 0 radical (unpaired) electrons. The molecule has 1 aromatic carbocycles. The molecule has 0 fully saturated rings. The Balaban J connectivity index is 2.15. The SMILES string of the molecule is CC[C@H](CO)NC(=O)c1ccc(-c2nc(C)[nH]c2C)cc1. The summed E-state index contributed by atoms with van der Waals surface area (Å²) in [5, 5.41) is 11.9. The maximum Gasteiger partial charge on any atom is 0.251 e. The molecule has 0 aliphatic rings. The number of nitrogens with one attached hydrogen (secondary N) is 2. The second kappa shape index (κ2) is 6.54. The average molecular weight is 287 g/mol. The van der Waals surface area contributed by atoms with Crippen LogP contribution < -0.4 is 5.32 Å². The summed E-state index contributed by atoms with van der Waals surface area (Å²) in [7, 11) is 0. The number of aryl methyl sites for hydroxylation is 2. The van der Waals surface area contributed by atoms with Crippen LogP contribution >= 0.6 is 0 Å². The van der Waals surface area contributed by atoms with Crippen molar-refractivity contribution in [3.8, 4) is 11.3 Å². The summed E-state index contributed by atoms with van der Waals surface area (Å²) in [4.78, 5) is 19.7. The van der Waals surface area contributed by atoms with Crippen molar-refractivity contribution in [3.05, 3.63) is 41.3 Å². The number of benzene rings is 1. The number of hydrogen-bond acceptors (Lipinski definition) is 3. The monoisotopic (exact) mass is 287 g/mol. The molecule has 1 heterocycles. The predicted molar refractivity (Wildman–Crippen MR) is 82.1 cm³/mol. The van der Waals surface area contributed by atoms with Gasteiger partial charge in [-0.1, -0.05) is 19.1 Å². The van der Waals surface area contributed by atoms with Crippen molar-refractivity contribution in [2.24, 2.45) is 0 Å². The van der Waals surface area contributed by atoms with Gasteiger partial charge in [-0.05, 0) is 32.4 Å². The molecule has 1 aromatic heterocycles. The largest absolute Gasteiger partial charge is 0.394 e. The Morgan fingerprint density at radius 2 is 2.00 bits per heavy atom. The first-order valence-corrected chi connectivity index (χ1v) is 7.10. The predicted octanol–water partition coefficient (Wildman–Crippen LogP) is 2.19. The van der Waals surface area contributed by atoms with Crippen molar-refractivity contribution in [2.45, 2.75) is 33.2 Å². The molecule has 5 nitrogen and oxygen atoms in total. The van der Waals surface area contributed by atoms with Crippen LogP contribution in [0.15, 0.2) is 24.3 Å². The van der Waals surface area contributed by atoms with E-state index in [1.54, 1.807) is 12.1 Å². The molecule has 0 unspecified atom stereocenters. The standard InChI is InChI=1S/C16H21N3O2/c1-4-14(9-20)19-16(21)13-7-5-12(6-8-13)15-10(2)17-11(3)18-15/h5-8,14,20H,4,9H2,1-3H3,(H,17,18)(H,19,21)/t14-/m1/s1. The van der Waals surface area contributed by atoms with Crippen molar-refractivity contribution in [1.82, 2.24) is 15.3 Å². The molecule has 3 N–H and O–H groups in total. The van der Waals surface area contributed by atoms with Gasteiger partial charge in [0.1, 0.15) is 5.82 Å². The van der Waals surface area contributed by atoms with Crippen molar-refractivity contribution < 1.29 is 9.90 Å². The number of carbonyl (C=O) groups is 1. The molecule has 0 aliphatic carbocycles. The smallest absolute Gasteiger partial charge is 0.251 e. The van der Waals surface area contributed by atoms with Crippen LogP contribution in [-0.4, -0.2) is 33.6 Å². The molecule has 1 atom stereocenters. The van der Waals surface area contributed by atoms with Gasteiger partial charge < -0.3 is 15.4 Å². The fourth-order valence-electron chi connectivity index (χ4n) is 2.22. The zero-order valence-electron chi connectivity index (χ0n) is 12.6. The van der Waals surface area contributed by atoms with Gasteiger partial charge >= 0.3 is 0 Å². The van der Waals surface area contributed by atoms with Gasteiger partial charge in [0.25, 0.3) is 5.91 Å². The minimum absolute atomic E-state index is 0.0495. The third kappa shape index (κ3) is 3.49. The minimum Gasteiger partial charge on any atom is -0.394 e. The Bertz CT molecular complexity index is 613. The lowest BCUT2D eigenvalue weighted by Gasteiger charge is -2.14. The van der Waals surface area contributed by atoms with Crippen LogP contribution in [0.25, 0.3) is 11.3 Å². The number of hydrogen-bond donors (Lipinski definition) is 3. The molecule has 0 aliphatic heterocycles. The highest BCUT2D eigenvalue weighted by Gasteiger charge is 2.12. The number of H-pyrrole nitrogens is 1. The molecule has 0 spiro atoms. The van der Waals surface area contributed by atoms with E-state index in [9.17, 15) is 4.79 Å². The van der Waals surface area contributed by atoms with Crippen LogP contribution in [-0.2, 0) is 0 Å². The molecule has 2 aromatic rings. The highest BCUT2D eigenvalue weighted by Crippen LogP contribution is 2.21. The highest BCUT2D eigenvalue weighted by atomic mass is 16.3. The van der Waals surface area contributed by atoms with Crippen LogP contribution in [0.1, 0.15) is 35.2 Å². The number of aromatic amines is 1. The Morgan fingerprint density at radius 1 is 1.33 bits per heavy atom. The van der Waals surface area contributed by atoms with Crippen LogP contribution in [0.4, 0.5) is 0 Å². The van der Waals surface area contributed by atoms with Crippen LogP contribution in [0.5, 0.6) is 0 Å². The molecule has 5 heteroatoms. The van der Waals surface area contributed by atoms with E-state index in [2.05, 4.69) is 15.3 Å². The number of aliphatic hydroxyl groups excluding tert-OH is 1. The second-order valence-corrected chi connectivity index (χ2v) is 5.13. The first kappa shape index (κ1) is 15.3. The molecule has 21 heavy (non-hydrogen) atoms. The zero-order valence-corrected chi connectivity index (χ0v) is 12.6. The Labute approximate surface area is 124 Å². The van der Waals surface area contributed by atoms with Crippen LogP contribution in [0.2, 0.25) is 0 Å². The zero-order chi connectivity index (χ0) is 15.4. The van der Waals surface area contributed by atoms with Gasteiger partial charge in [0, 0.05) is 16.8 Å². The summed E-state index contributed by atoms with van der Waals surface area (Å²) in [6.45, 7) is 5.76. The number of aromatic nitrogens is 2. The number of carbonyl (C=O) groups excluding carboxylic acids is 1. The molecular weight excluding hydrogens is 266 g/mol. The normalized spacial score (nSPS) is 12.2. The number of amides is 1. The van der Waals surface area contributed by atoms with Gasteiger partial charge in [-0.3, -0.25) is 4.79 Å². The third-order valence-corrected chi connectivity index (χ3v) is 3.47. The van der Waals surface area contributed by atoms with E-state index in [1.807, 2.05) is 32.9 Å². The highest BCUT2D eigenvalue weighted by molar-refractivity contribution is 5.94. The summed E-state index contributed by atoms with van der Waals surface area (Å²) >= 11 is 0. The number of nitrogens with zero attached hydrogens (tertiary/aromatic N) is 1. The fraction of sp³-hybridized carbons (Fsp3) is 0.375. The summed E-state index contributed by atoms with van der Waals surface area (Å²) < 4.78 is 0. The molecule has 2 rings (SSSR count). The summed E-state index contributed by atoms with van der Waals surface area (Å²) in [6, 6.07) is 7.12. The number of rotatable bonds is 5. The van der Waals surface area contributed by atoms with Gasteiger partial charge in [0.2, 0.25) is 0 Å². The van der Waals surface area contributed by atoms with E-state index in [0.717, 1.165) is 22.8 Å². The first-order valence-electron chi connectivity index (χ1n) is 7.10. The Morgan fingerprint density at radius 3 is 2.48 bits per heavy atom. The van der Waals surface area contributed by atoms with Crippen molar-refractivity contribution in [1.29, 1.82) is 0 Å². The number of imidazole rings is 1. The van der Waals surface area contributed by atoms with E-state index in [0.29, 0.717) is 12.0 Å². The maximum atomic E-state index is 12.0. The van der Waals surface area contributed by atoms with E-state index in [4.69, 9.17) is 5.11 Å². The van der Waals surface area contributed by atoms with Crippen molar-refractivity contribution in [2.75, 3.05) is 6.61 Å². The Kier molecular flexibility index (Phi) is 4.75. The fourth-order valence-corrected chi connectivity index (χ4v) is 2.22. The van der Waals surface area contributed by atoms with Gasteiger partial charge in [0.15, 0.2) is 0 Å². The van der Waals surface area contributed by atoms with Crippen molar-refractivity contribution in [3.63, 3.8) is 0 Å². The first-order chi connectivity index (χ1) is 10.0. The molecular formula is C16H21N3O2. The average Bonchev–Trinajstić information content (AvgIpc) is 2.83.